The number of nitrogens with zero attached hydrogens (tertiary/aromatic N) is 1. The van der Waals surface area contributed by atoms with Gasteiger partial charge in [-0.05, 0) is 60.4 Å². The fraction of sp³-hybridized carbons (Fsp3) is 0.200. The number of nitrogens with one attached hydrogen (secondary N) is 1. The van der Waals surface area contributed by atoms with E-state index in [4.69, 9.17) is 4.42 Å². The Kier molecular flexibility index (Phi) is 5.23. The Morgan fingerprint density at radius 3 is 2.84 bits per heavy atom. The van der Waals surface area contributed by atoms with Crippen molar-refractivity contribution in [3.05, 3.63) is 77.4 Å². The third-order valence-corrected chi connectivity index (χ3v) is 3.95. The normalized spacial score (nSPS) is 10.6. The van der Waals surface area contributed by atoms with Crippen LogP contribution in [0.2, 0.25) is 0 Å². The molecule has 0 saturated heterocycles. The number of halogens is 1. The Morgan fingerprint density at radius 1 is 1.20 bits per heavy atom. The van der Waals surface area contributed by atoms with Crippen LogP contribution in [-0.2, 0) is 17.8 Å². The van der Waals surface area contributed by atoms with E-state index in [0.29, 0.717) is 30.7 Å². The molecule has 5 heteroatoms. The molecule has 4 nitrogen and oxygen atoms in total. The van der Waals surface area contributed by atoms with Gasteiger partial charge >= 0.3 is 0 Å². The van der Waals surface area contributed by atoms with E-state index in [0.717, 1.165) is 16.8 Å². The molecule has 3 aromatic rings. The highest BCUT2D eigenvalue weighted by atomic mass is 19.1. The fourth-order valence-electron chi connectivity index (χ4n) is 2.55. The van der Waals surface area contributed by atoms with Gasteiger partial charge in [-0.15, -0.1) is 0 Å². The SMILES string of the molecule is Cc1cc(CCC(=O)NCc2ccnc(-c3ccco3)c2)ccc1F. The first-order chi connectivity index (χ1) is 12.1. The summed E-state index contributed by atoms with van der Waals surface area (Å²) in [6, 6.07) is 12.3. The molecule has 1 amide bonds. The number of carbonyl (C=O) groups is 1. The van der Waals surface area contributed by atoms with Crippen molar-refractivity contribution >= 4 is 5.91 Å². The van der Waals surface area contributed by atoms with Gasteiger partial charge < -0.3 is 9.73 Å². The summed E-state index contributed by atoms with van der Waals surface area (Å²) in [6.45, 7) is 2.15. The zero-order valence-corrected chi connectivity index (χ0v) is 14.0. The third kappa shape index (κ3) is 4.53. The van der Waals surface area contributed by atoms with Crippen molar-refractivity contribution in [1.82, 2.24) is 10.3 Å². The second kappa shape index (κ2) is 7.75. The smallest absolute Gasteiger partial charge is 0.220 e. The van der Waals surface area contributed by atoms with Crippen LogP contribution in [0.4, 0.5) is 4.39 Å². The second-order valence-electron chi connectivity index (χ2n) is 5.89. The highest BCUT2D eigenvalue weighted by Gasteiger charge is 2.06. The summed E-state index contributed by atoms with van der Waals surface area (Å²) in [5.41, 5.74) is 3.24. The molecule has 3 rings (SSSR count). The van der Waals surface area contributed by atoms with Crippen LogP contribution in [0.15, 0.2) is 59.3 Å². The largest absolute Gasteiger partial charge is 0.463 e. The van der Waals surface area contributed by atoms with E-state index in [1.807, 2.05) is 24.3 Å². The molecular weight excluding hydrogens is 319 g/mol. The van der Waals surface area contributed by atoms with Crippen LogP contribution in [0.5, 0.6) is 0 Å². The average molecular weight is 338 g/mol. The minimum Gasteiger partial charge on any atom is -0.463 e. The maximum absolute atomic E-state index is 13.2. The molecule has 0 unspecified atom stereocenters. The molecule has 0 spiro atoms. The highest BCUT2D eigenvalue weighted by Crippen LogP contribution is 2.18. The van der Waals surface area contributed by atoms with Crippen LogP contribution in [0.1, 0.15) is 23.1 Å². The molecule has 0 bridgehead atoms. The van der Waals surface area contributed by atoms with E-state index in [1.54, 1.807) is 31.5 Å². The third-order valence-electron chi connectivity index (χ3n) is 3.95. The molecule has 128 valence electrons. The van der Waals surface area contributed by atoms with Gasteiger partial charge in [-0.25, -0.2) is 4.39 Å². The quantitative estimate of drug-likeness (QED) is 0.738. The van der Waals surface area contributed by atoms with Crippen molar-refractivity contribution in [1.29, 1.82) is 0 Å². The second-order valence-corrected chi connectivity index (χ2v) is 5.89. The molecule has 0 fully saturated rings. The number of aromatic nitrogens is 1. The lowest BCUT2D eigenvalue weighted by atomic mass is 10.1. The van der Waals surface area contributed by atoms with E-state index in [2.05, 4.69) is 10.3 Å². The van der Waals surface area contributed by atoms with Gasteiger partial charge in [-0.1, -0.05) is 12.1 Å². The maximum Gasteiger partial charge on any atom is 0.220 e. The first-order valence-electron chi connectivity index (χ1n) is 8.12. The van der Waals surface area contributed by atoms with Crippen molar-refractivity contribution in [3.63, 3.8) is 0 Å². The minimum atomic E-state index is -0.224. The summed E-state index contributed by atoms with van der Waals surface area (Å²) >= 11 is 0. The summed E-state index contributed by atoms with van der Waals surface area (Å²) in [6.07, 6.45) is 4.24. The van der Waals surface area contributed by atoms with Crippen molar-refractivity contribution in [3.8, 4) is 11.5 Å². The molecule has 1 N–H and O–H groups in total. The predicted octanol–water partition coefficient (Wildman–Crippen LogP) is 4.04. The molecule has 0 aliphatic carbocycles. The number of furan rings is 1. The van der Waals surface area contributed by atoms with Crippen LogP contribution >= 0.6 is 0 Å². The van der Waals surface area contributed by atoms with Crippen LogP contribution < -0.4 is 5.32 Å². The molecule has 0 radical (unpaired) electrons. The van der Waals surface area contributed by atoms with Crippen LogP contribution in [0.3, 0.4) is 0 Å². The maximum atomic E-state index is 13.2. The summed E-state index contributed by atoms with van der Waals surface area (Å²) < 4.78 is 18.6. The van der Waals surface area contributed by atoms with E-state index in [1.165, 1.54) is 6.07 Å². The van der Waals surface area contributed by atoms with Gasteiger partial charge in [0, 0.05) is 19.2 Å². The van der Waals surface area contributed by atoms with E-state index < -0.39 is 0 Å². The zero-order valence-electron chi connectivity index (χ0n) is 14.0. The number of benzene rings is 1. The number of pyridine rings is 1. The molecule has 2 aromatic heterocycles. The van der Waals surface area contributed by atoms with Gasteiger partial charge in [-0.3, -0.25) is 9.78 Å². The van der Waals surface area contributed by atoms with Crippen LogP contribution in [-0.4, -0.2) is 10.9 Å². The van der Waals surface area contributed by atoms with Gasteiger partial charge in [0.05, 0.1) is 6.26 Å². The first-order valence-corrected chi connectivity index (χ1v) is 8.12. The molecule has 25 heavy (non-hydrogen) atoms. The Hall–Kier alpha value is -2.95. The Morgan fingerprint density at radius 2 is 2.08 bits per heavy atom. The lowest BCUT2D eigenvalue weighted by Crippen LogP contribution is -2.23. The molecule has 0 atom stereocenters. The van der Waals surface area contributed by atoms with Crippen LogP contribution in [0, 0.1) is 12.7 Å². The predicted molar refractivity (Wildman–Crippen MR) is 93.2 cm³/mol. The van der Waals surface area contributed by atoms with Crippen LogP contribution in [0.25, 0.3) is 11.5 Å². The number of carbonyl (C=O) groups excluding carboxylic acids is 1. The number of rotatable bonds is 6. The molecule has 0 aliphatic rings. The topological polar surface area (TPSA) is 55.1 Å². The monoisotopic (exact) mass is 338 g/mol. The summed E-state index contributed by atoms with van der Waals surface area (Å²) in [5, 5.41) is 2.90. The summed E-state index contributed by atoms with van der Waals surface area (Å²) in [5.74, 6) is 0.427. The molecule has 0 aliphatic heterocycles. The van der Waals surface area contributed by atoms with Gasteiger partial charge in [0.25, 0.3) is 0 Å². The van der Waals surface area contributed by atoms with E-state index in [9.17, 15) is 9.18 Å². The van der Waals surface area contributed by atoms with Gasteiger partial charge in [0.1, 0.15) is 11.5 Å². The van der Waals surface area contributed by atoms with E-state index in [-0.39, 0.29) is 11.7 Å². The van der Waals surface area contributed by atoms with E-state index >= 15 is 0 Å². The number of amides is 1. The fourth-order valence-corrected chi connectivity index (χ4v) is 2.55. The average Bonchev–Trinajstić information content (AvgIpc) is 3.16. The number of hydrogen-bond acceptors (Lipinski definition) is 3. The Labute approximate surface area is 145 Å². The molecule has 2 heterocycles. The van der Waals surface area contributed by atoms with Crippen molar-refractivity contribution in [2.45, 2.75) is 26.3 Å². The molecular formula is C20H19FN2O2. The molecule has 1 aromatic carbocycles. The molecule has 0 saturated carbocycles. The van der Waals surface area contributed by atoms with Gasteiger partial charge in [0.2, 0.25) is 5.91 Å². The summed E-state index contributed by atoms with van der Waals surface area (Å²) in [7, 11) is 0. The number of hydrogen-bond donors (Lipinski definition) is 1. The minimum absolute atomic E-state index is 0.0432. The van der Waals surface area contributed by atoms with Gasteiger partial charge in [0.15, 0.2) is 5.76 Å². The Bertz CT molecular complexity index is 860. The van der Waals surface area contributed by atoms with Crippen molar-refractivity contribution in [2.24, 2.45) is 0 Å². The first kappa shape index (κ1) is 16.9. The lowest BCUT2D eigenvalue weighted by molar-refractivity contribution is -0.121. The lowest BCUT2D eigenvalue weighted by Gasteiger charge is -2.07. The number of aryl methyl sites for hydroxylation is 2. The zero-order chi connectivity index (χ0) is 17.6. The standard InChI is InChI=1S/C20H19FN2O2/c1-14-11-15(4-6-17(14)21)5-7-20(24)23-13-16-8-9-22-18(12-16)19-3-2-10-25-19/h2-4,6,8-12H,5,7,13H2,1H3,(H,23,24). The summed E-state index contributed by atoms with van der Waals surface area (Å²) in [4.78, 5) is 16.3. The van der Waals surface area contributed by atoms with Crippen molar-refractivity contribution in [2.75, 3.05) is 0 Å². The van der Waals surface area contributed by atoms with Gasteiger partial charge in [-0.2, -0.15) is 0 Å². The van der Waals surface area contributed by atoms with Crippen molar-refractivity contribution < 1.29 is 13.6 Å². The Balaban J connectivity index is 1.52. The highest BCUT2D eigenvalue weighted by molar-refractivity contribution is 5.76.